The molecule has 0 unspecified atom stereocenters. The Hall–Kier alpha value is -3.91. The number of fused-ring (bicyclic) bond motifs is 5. The van der Waals surface area contributed by atoms with Crippen molar-refractivity contribution < 1.29 is 41.8 Å². The average Bonchev–Trinajstić information content (AvgIpc) is 3.10. The number of nitrogens with one attached hydrogen (secondary N) is 1. The molecule has 50 heavy (non-hydrogen) atoms. The van der Waals surface area contributed by atoms with Gasteiger partial charge in [0.05, 0.1) is 19.8 Å². The summed E-state index contributed by atoms with van der Waals surface area (Å²) in [4.78, 5) is 50.7. The largest absolute Gasteiger partial charge is 0.573 e. The van der Waals surface area contributed by atoms with Crippen molar-refractivity contribution in [3.8, 4) is 11.6 Å². The maximum Gasteiger partial charge on any atom is 0.573 e. The van der Waals surface area contributed by atoms with Gasteiger partial charge >= 0.3 is 6.36 Å². The maximum atomic E-state index is 13.9. The minimum absolute atomic E-state index is 0.0745. The van der Waals surface area contributed by atoms with E-state index >= 15 is 0 Å². The van der Waals surface area contributed by atoms with Gasteiger partial charge < -0.3 is 29.3 Å². The van der Waals surface area contributed by atoms with Gasteiger partial charge in [0.25, 0.3) is 5.91 Å². The van der Waals surface area contributed by atoms with E-state index in [1.54, 1.807) is 30.3 Å². The Labute approximate surface area is 290 Å². The number of benzene rings is 1. The van der Waals surface area contributed by atoms with E-state index in [4.69, 9.17) is 9.47 Å². The molecule has 6 rings (SSSR count). The number of ether oxygens (including phenoxy) is 3. The number of nitrogens with zero attached hydrogens (tertiary/aromatic N) is 4. The number of carbonyl (C=O) groups excluding carboxylic acids is 3. The number of amides is 3. The van der Waals surface area contributed by atoms with Crippen molar-refractivity contribution in [2.75, 3.05) is 65.6 Å². The van der Waals surface area contributed by atoms with Gasteiger partial charge in [-0.1, -0.05) is 18.2 Å². The minimum Gasteiger partial charge on any atom is -0.478 e. The van der Waals surface area contributed by atoms with Crippen LogP contribution in [0.4, 0.5) is 13.2 Å². The van der Waals surface area contributed by atoms with Gasteiger partial charge in [-0.2, -0.15) is 0 Å². The lowest BCUT2D eigenvalue weighted by Crippen LogP contribution is -2.48. The van der Waals surface area contributed by atoms with Crippen molar-refractivity contribution in [3.05, 3.63) is 53.7 Å². The number of alkyl halides is 3. The van der Waals surface area contributed by atoms with E-state index in [1.807, 2.05) is 9.80 Å². The van der Waals surface area contributed by atoms with Crippen LogP contribution in [0.5, 0.6) is 11.6 Å². The Balaban J connectivity index is 1.15. The molecule has 272 valence electrons. The standard InChI is InChI=1S/C36H46F3N5O6/c37-36(38,39)50-30-6-4-25(5-7-30)22-42-13-9-26-21-34(46)44-14-10-27(20-33(45)43-15-18-48-19-16-43)29(24-44)11-17-49-32-3-1-2-31(41-32)35(47)40-12-8-28(26)23-42/h1-7,26-29H,8-24H2,(H,40,47)/t26-,27-,28-,29-/m0/s1. The summed E-state index contributed by atoms with van der Waals surface area (Å²) in [6.45, 7) is 6.20. The summed E-state index contributed by atoms with van der Waals surface area (Å²) in [5.41, 5.74) is 1.13. The molecule has 3 amide bonds. The molecule has 11 nitrogen and oxygen atoms in total. The first kappa shape index (κ1) is 35.9. The molecule has 0 spiro atoms. The molecule has 1 N–H and O–H groups in total. The third kappa shape index (κ3) is 9.87. The summed E-state index contributed by atoms with van der Waals surface area (Å²) in [7, 11) is 0. The number of pyridine rings is 1. The molecule has 4 aliphatic heterocycles. The molecular weight excluding hydrogens is 655 g/mol. The van der Waals surface area contributed by atoms with Crippen molar-refractivity contribution in [2.24, 2.45) is 23.7 Å². The van der Waals surface area contributed by atoms with Crippen LogP contribution >= 0.6 is 0 Å². The van der Waals surface area contributed by atoms with Crippen molar-refractivity contribution in [1.82, 2.24) is 25.0 Å². The molecule has 1 aromatic carbocycles. The zero-order valence-corrected chi connectivity index (χ0v) is 28.2. The number of likely N-dealkylation sites (tertiary alicyclic amines) is 1. The quantitative estimate of drug-likeness (QED) is 0.496. The highest BCUT2D eigenvalue weighted by Gasteiger charge is 2.37. The zero-order valence-electron chi connectivity index (χ0n) is 28.2. The van der Waals surface area contributed by atoms with E-state index in [-0.39, 0.29) is 52.8 Å². The summed E-state index contributed by atoms with van der Waals surface area (Å²) >= 11 is 0. The van der Waals surface area contributed by atoms with Crippen LogP contribution in [0, 0.1) is 23.7 Å². The van der Waals surface area contributed by atoms with Gasteiger partial charge in [-0.15, -0.1) is 13.2 Å². The number of halogens is 3. The van der Waals surface area contributed by atoms with Crippen LogP contribution in [-0.4, -0.2) is 109 Å². The highest BCUT2D eigenvalue weighted by molar-refractivity contribution is 5.92. The topological polar surface area (TPSA) is 114 Å². The number of morpholine rings is 1. The molecule has 0 aliphatic carbocycles. The van der Waals surface area contributed by atoms with Crippen molar-refractivity contribution in [3.63, 3.8) is 0 Å². The molecule has 4 aliphatic rings. The first-order valence-corrected chi connectivity index (χ1v) is 17.7. The third-order valence-electron chi connectivity index (χ3n) is 10.5. The second kappa shape index (κ2) is 16.4. The summed E-state index contributed by atoms with van der Waals surface area (Å²) in [5.74, 6) is 0.445. The van der Waals surface area contributed by atoms with Gasteiger partial charge in [0.15, 0.2) is 0 Å². The van der Waals surface area contributed by atoms with Crippen LogP contribution in [0.25, 0.3) is 0 Å². The Morgan fingerprint density at radius 3 is 2.48 bits per heavy atom. The van der Waals surface area contributed by atoms with E-state index in [0.29, 0.717) is 97.2 Å². The molecule has 1 aromatic heterocycles. The van der Waals surface area contributed by atoms with Crippen molar-refractivity contribution in [2.45, 2.75) is 51.4 Å². The normalized spacial score (nSPS) is 25.9. The lowest BCUT2D eigenvalue weighted by atomic mass is 9.79. The van der Waals surface area contributed by atoms with Gasteiger partial charge in [-0.3, -0.25) is 19.3 Å². The molecule has 2 aromatic rings. The van der Waals surface area contributed by atoms with Gasteiger partial charge in [0, 0.05) is 64.7 Å². The van der Waals surface area contributed by atoms with E-state index in [2.05, 4.69) is 19.9 Å². The maximum absolute atomic E-state index is 13.9. The summed E-state index contributed by atoms with van der Waals surface area (Å²) < 4.78 is 53.3. The molecule has 4 bridgehead atoms. The lowest BCUT2D eigenvalue weighted by Gasteiger charge is -2.42. The fourth-order valence-electron chi connectivity index (χ4n) is 7.77. The van der Waals surface area contributed by atoms with E-state index < -0.39 is 6.36 Å². The third-order valence-corrected chi connectivity index (χ3v) is 10.5. The molecule has 4 atom stereocenters. The molecule has 14 heteroatoms. The molecule has 5 heterocycles. The minimum atomic E-state index is -4.74. The summed E-state index contributed by atoms with van der Waals surface area (Å²) in [6, 6.07) is 11.0. The number of carbonyl (C=O) groups is 3. The van der Waals surface area contributed by atoms with Crippen LogP contribution in [0.1, 0.15) is 54.6 Å². The summed E-state index contributed by atoms with van der Waals surface area (Å²) in [6.07, 6.45) is -1.09. The monoisotopic (exact) mass is 701 g/mol. The van der Waals surface area contributed by atoms with Crippen LogP contribution in [-0.2, 0) is 20.9 Å². The van der Waals surface area contributed by atoms with Gasteiger partial charge in [-0.25, -0.2) is 4.98 Å². The SMILES string of the molecule is O=C1NCC[C@H]2CN(Cc3ccc(OC(F)(F)F)cc3)CC[C@H]2CC(=O)N2CC[C@@H](CC(=O)N3CCOCC3)[C@@H](CCOc3cccc1n3)C2. The smallest absolute Gasteiger partial charge is 0.478 e. The zero-order chi connectivity index (χ0) is 35.1. The second-order valence-corrected chi connectivity index (χ2v) is 13.8. The fourth-order valence-corrected chi connectivity index (χ4v) is 7.77. The molecule has 3 saturated heterocycles. The van der Waals surface area contributed by atoms with Crippen molar-refractivity contribution in [1.29, 1.82) is 0 Å². The Kier molecular flexibility index (Phi) is 11.8. The average molecular weight is 702 g/mol. The van der Waals surface area contributed by atoms with Crippen LogP contribution in [0.15, 0.2) is 42.5 Å². The molecule has 0 radical (unpaired) electrons. The van der Waals surface area contributed by atoms with Crippen molar-refractivity contribution >= 4 is 17.7 Å². The first-order chi connectivity index (χ1) is 24.1. The molecule has 3 fully saturated rings. The molecule has 0 saturated carbocycles. The first-order valence-electron chi connectivity index (χ1n) is 17.7. The van der Waals surface area contributed by atoms with Crippen LogP contribution in [0.3, 0.4) is 0 Å². The highest BCUT2D eigenvalue weighted by Crippen LogP contribution is 2.34. The van der Waals surface area contributed by atoms with Gasteiger partial charge in [-0.05, 0) is 79.7 Å². The van der Waals surface area contributed by atoms with Crippen LogP contribution < -0.4 is 14.8 Å². The second-order valence-electron chi connectivity index (χ2n) is 13.8. The number of hydrogen-bond acceptors (Lipinski definition) is 8. The summed E-state index contributed by atoms with van der Waals surface area (Å²) in [5, 5.41) is 2.99. The van der Waals surface area contributed by atoms with E-state index in [0.717, 1.165) is 24.9 Å². The lowest BCUT2D eigenvalue weighted by molar-refractivity contribution is -0.274. The molecular formula is C36H46F3N5O6. The fraction of sp³-hybridized carbons (Fsp3) is 0.611. The number of aromatic nitrogens is 1. The number of hydrogen-bond donors (Lipinski definition) is 1. The Bertz CT molecular complexity index is 1470. The number of rotatable bonds is 5. The van der Waals surface area contributed by atoms with E-state index in [1.165, 1.54) is 12.1 Å². The predicted octanol–water partition coefficient (Wildman–Crippen LogP) is 4.12. The van der Waals surface area contributed by atoms with E-state index in [9.17, 15) is 27.6 Å². The highest BCUT2D eigenvalue weighted by atomic mass is 19.4. The Morgan fingerprint density at radius 2 is 1.70 bits per heavy atom. The van der Waals surface area contributed by atoms with Gasteiger partial charge in [0.1, 0.15) is 11.4 Å². The van der Waals surface area contributed by atoms with Gasteiger partial charge in [0.2, 0.25) is 17.7 Å². The number of piperidine rings is 2. The Morgan fingerprint density at radius 1 is 0.900 bits per heavy atom. The van der Waals surface area contributed by atoms with Crippen LogP contribution in [0.2, 0.25) is 0 Å². The predicted molar refractivity (Wildman–Crippen MR) is 176 cm³/mol.